The Balaban J connectivity index is 2.76. The molecule has 18 heavy (non-hydrogen) atoms. The fourth-order valence-electron chi connectivity index (χ4n) is 1.44. The topological polar surface area (TPSA) is 30.0 Å². The smallest absolute Gasteiger partial charge is 0.168 e. The molecule has 1 heterocycles. The molecule has 92 valence electrons. The van der Waals surface area contributed by atoms with Crippen LogP contribution in [0.15, 0.2) is 24.3 Å². The molecule has 1 aromatic heterocycles. The zero-order valence-electron chi connectivity index (χ0n) is 8.75. The summed E-state index contributed by atoms with van der Waals surface area (Å²) in [6.45, 7) is 0. The Morgan fingerprint density at radius 1 is 0.889 bits per heavy atom. The van der Waals surface area contributed by atoms with Gasteiger partial charge in [0.05, 0.1) is 25.8 Å². The van der Waals surface area contributed by atoms with E-state index >= 15 is 0 Å². The minimum absolute atomic E-state index is 0.238. The maximum Gasteiger partial charge on any atom is 0.168 e. The molecule has 0 saturated heterocycles. The van der Waals surface area contributed by atoms with E-state index in [0.29, 0.717) is 32.6 Å². The predicted molar refractivity (Wildman–Crippen MR) is 75.1 cm³/mol. The second-order valence-electron chi connectivity index (χ2n) is 3.40. The lowest BCUT2D eigenvalue weighted by molar-refractivity contribution is 0.111. The maximum atomic E-state index is 10.7. The van der Waals surface area contributed by atoms with Crippen LogP contribution in [0.3, 0.4) is 0 Å². The summed E-state index contributed by atoms with van der Waals surface area (Å²) in [6.07, 6.45) is 0.617. The van der Waals surface area contributed by atoms with Crippen LogP contribution in [0.4, 0.5) is 0 Å². The summed E-state index contributed by atoms with van der Waals surface area (Å²) in [4.78, 5) is 14.8. The molecule has 2 nitrogen and oxygen atoms in total. The summed E-state index contributed by atoms with van der Waals surface area (Å²) in [7, 11) is 0. The van der Waals surface area contributed by atoms with Gasteiger partial charge in [-0.15, -0.1) is 0 Å². The van der Waals surface area contributed by atoms with Gasteiger partial charge in [-0.3, -0.25) is 4.79 Å². The van der Waals surface area contributed by atoms with Crippen molar-refractivity contribution >= 4 is 52.7 Å². The van der Waals surface area contributed by atoms with E-state index in [9.17, 15) is 4.79 Å². The molecule has 0 aliphatic rings. The SMILES string of the molecule is O=Cc1ccc(Cl)c(-c2c(Cl)ccc(Cl)c2Cl)n1. The third kappa shape index (κ3) is 2.47. The highest BCUT2D eigenvalue weighted by atomic mass is 35.5. The van der Waals surface area contributed by atoms with E-state index in [1.165, 1.54) is 6.07 Å². The van der Waals surface area contributed by atoms with Gasteiger partial charge >= 0.3 is 0 Å². The summed E-state index contributed by atoms with van der Waals surface area (Å²) in [5.74, 6) is 0. The average molecular weight is 321 g/mol. The summed E-state index contributed by atoms with van der Waals surface area (Å²) < 4.78 is 0. The molecule has 0 radical (unpaired) electrons. The lowest BCUT2D eigenvalue weighted by Gasteiger charge is -2.09. The highest BCUT2D eigenvalue weighted by Gasteiger charge is 2.16. The Morgan fingerprint density at radius 3 is 2.17 bits per heavy atom. The lowest BCUT2D eigenvalue weighted by Crippen LogP contribution is -1.93. The third-order valence-corrected chi connectivity index (χ3v) is 3.69. The van der Waals surface area contributed by atoms with Crippen LogP contribution < -0.4 is 0 Å². The quantitative estimate of drug-likeness (QED) is 0.564. The van der Waals surface area contributed by atoms with Crippen molar-refractivity contribution in [1.29, 1.82) is 0 Å². The van der Waals surface area contributed by atoms with Crippen LogP contribution in [0, 0.1) is 0 Å². The van der Waals surface area contributed by atoms with Crippen LogP contribution in [0.1, 0.15) is 10.5 Å². The minimum Gasteiger partial charge on any atom is -0.296 e. The first-order valence-corrected chi connectivity index (χ1v) is 6.31. The zero-order chi connectivity index (χ0) is 13.3. The van der Waals surface area contributed by atoms with Gasteiger partial charge in [-0.1, -0.05) is 46.4 Å². The summed E-state index contributed by atoms with van der Waals surface area (Å²) in [5.41, 5.74) is 0.986. The van der Waals surface area contributed by atoms with Crippen LogP contribution in [0.5, 0.6) is 0 Å². The van der Waals surface area contributed by atoms with E-state index in [2.05, 4.69) is 4.98 Å². The number of rotatable bonds is 2. The molecule has 6 heteroatoms. The maximum absolute atomic E-state index is 10.7. The minimum atomic E-state index is 0.238. The van der Waals surface area contributed by atoms with E-state index in [-0.39, 0.29) is 10.7 Å². The van der Waals surface area contributed by atoms with Crippen molar-refractivity contribution in [3.8, 4) is 11.3 Å². The standard InChI is InChI=1S/C12H5Cl4NO/c13-7-3-4-8(14)11(16)10(7)12-9(15)2-1-6(5-18)17-12/h1-5H. The van der Waals surface area contributed by atoms with Gasteiger partial charge in [0.25, 0.3) is 0 Å². The summed E-state index contributed by atoms with van der Waals surface area (Å²) in [6, 6.07) is 6.23. The zero-order valence-corrected chi connectivity index (χ0v) is 11.8. The van der Waals surface area contributed by atoms with Crippen molar-refractivity contribution in [2.45, 2.75) is 0 Å². The molecule has 0 atom stereocenters. The first kappa shape index (κ1) is 13.6. The molecule has 0 spiro atoms. The molecule has 0 saturated carbocycles. The van der Waals surface area contributed by atoms with Crippen LogP contribution in [-0.4, -0.2) is 11.3 Å². The fourth-order valence-corrected chi connectivity index (χ4v) is 2.35. The van der Waals surface area contributed by atoms with E-state index in [1.807, 2.05) is 0 Å². The molecule has 0 aliphatic carbocycles. The van der Waals surface area contributed by atoms with Gasteiger partial charge in [0, 0.05) is 5.56 Å². The molecule has 1 aromatic carbocycles. The third-order valence-electron chi connectivity index (χ3n) is 2.27. The number of hydrogen-bond donors (Lipinski definition) is 0. The van der Waals surface area contributed by atoms with Crippen LogP contribution in [0.25, 0.3) is 11.3 Å². The summed E-state index contributed by atoms with van der Waals surface area (Å²) >= 11 is 24.1. The second-order valence-corrected chi connectivity index (χ2v) is 5.00. The Labute approximate surface area is 123 Å². The van der Waals surface area contributed by atoms with E-state index < -0.39 is 0 Å². The highest BCUT2D eigenvalue weighted by Crippen LogP contribution is 2.40. The number of carbonyl (C=O) groups excluding carboxylic acids is 1. The largest absolute Gasteiger partial charge is 0.296 e. The second kappa shape index (κ2) is 5.45. The molecule has 0 bridgehead atoms. The Bertz CT molecular complexity index is 628. The van der Waals surface area contributed by atoms with E-state index in [4.69, 9.17) is 46.4 Å². The predicted octanol–water partition coefficient (Wildman–Crippen LogP) is 5.17. The molecule has 0 fully saturated rings. The van der Waals surface area contributed by atoms with Gasteiger partial charge in [0.15, 0.2) is 6.29 Å². The fraction of sp³-hybridized carbons (Fsp3) is 0. The monoisotopic (exact) mass is 319 g/mol. The first-order valence-electron chi connectivity index (χ1n) is 4.80. The Morgan fingerprint density at radius 2 is 1.50 bits per heavy atom. The number of carbonyl (C=O) groups is 1. The number of hydrogen-bond acceptors (Lipinski definition) is 2. The number of benzene rings is 1. The molecule has 0 N–H and O–H groups in total. The van der Waals surface area contributed by atoms with Crippen molar-refractivity contribution in [3.63, 3.8) is 0 Å². The van der Waals surface area contributed by atoms with Gasteiger partial charge in [-0.2, -0.15) is 0 Å². The van der Waals surface area contributed by atoms with E-state index in [0.717, 1.165) is 0 Å². The molecular weight excluding hydrogens is 316 g/mol. The van der Waals surface area contributed by atoms with Crippen molar-refractivity contribution < 1.29 is 4.79 Å². The highest BCUT2D eigenvalue weighted by molar-refractivity contribution is 6.46. The van der Waals surface area contributed by atoms with Gasteiger partial charge in [-0.05, 0) is 24.3 Å². The summed E-state index contributed by atoms with van der Waals surface area (Å²) in [5, 5.41) is 1.29. The molecule has 0 unspecified atom stereocenters. The first-order chi connectivity index (χ1) is 8.54. The Hall–Kier alpha value is -0.800. The van der Waals surface area contributed by atoms with Crippen molar-refractivity contribution in [1.82, 2.24) is 4.98 Å². The van der Waals surface area contributed by atoms with Crippen molar-refractivity contribution in [2.24, 2.45) is 0 Å². The normalized spacial score (nSPS) is 10.4. The number of aromatic nitrogens is 1. The average Bonchev–Trinajstić information content (AvgIpc) is 2.36. The lowest BCUT2D eigenvalue weighted by atomic mass is 10.1. The van der Waals surface area contributed by atoms with Gasteiger partial charge in [0.2, 0.25) is 0 Å². The molecule has 0 amide bonds. The number of nitrogens with zero attached hydrogens (tertiary/aromatic N) is 1. The molecule has 0 aliphatic heterocycles. The Kier molecular flexibility index (Phi) is 4.13. The number of pyridine rings is 1. The molecule has 2 rings (SSSR count). The number of halogens is 4. The van der Waals surface area contributed by atoms with Crippen LogP contribution >= 0.6 is 46.4 Å². The van der Waals surface area contributed by atoms with Gasteiger partial charge in [-0.25, -0.2) is 4.98 Å². The number of aldehydes is 1. The molecule has 2 aromatic rings. The molecular formula is C12H5Cl4NO. The van der Waals surface area contributed by atoms with Gasteiger partial charge < -0.3 is 0 Å². The van der Waals surface area contributed by atoms with Crippen molar-refractivity contribution in [3.05, 3.63) is 50.0 Å². The van der Waals surface area contributed by atoms with Crippen LogP contribution in [0.2, 0.25) is 20.1 Å². The van der Waals surface area contributed by atoms with Gasteiger partial charge in [0.1, 0.15) is 5.69 Å². The van der Waals surface area contributed by atoms with E-state index in [1.54, 1.807) is 18.2 Å². The van der Waals surface area contributed by atoms with Crippen molar-refractivity contribution in [2.75, 3.05) is 0 Å². The van der Waals surface area contributed by atoms with Crippen LogP contribution in [-0.2, 0) is 0 Å².